The van der Waals surface area contributed by atoms with Crippen molar-refractivity contribution in [1.29, 1.82) is 0 Å². The maximum absolute atomic E-state index is 13.1. The fourth-order valence-electron chi connectivity index (χ4n) is 3.82. The summed E-state index contributed by atoms with van der Waals surface area (Å²) >= 11 is 0. The summed E-state index contributed by atoms with van der Waals surface area (Å²) in [6.45, 7) is 6.20. The molecule has 1 aliphatic rings. The first-order valence-electron chi connectivity index (χ1n) is 8.47. The van der Waals surface area contributed by atoms with Gasteiger partial charge in [-0.25, -0.2) is 0 Å². The van der Waals surface area contributed by atoms with Gasteiger partial charge in [0.15, 0.2) is 0 Å². The van der Waals surface area contributed by atoms with E-state index in [0.717, 1.165) is 46.1 Å². The molecule has 0 radical (unpaired) electrons. The average Bonchev–Trinajstić information content (AvgIpc) is 3.24. The van der Waals surface area contributed by atoms with Crippen LogP contribution in [0.15, 0.2) is 42.6 Å². The molecule has 1 saturated carbocycles. The standard InChI is InChI=1S/C21H22N2O/c1-13-10-14(2)19(15(3)11-13)23-20(24)21(8-9-21)17-12-22-18-7-5-4-6-16(17)18/h4-7,10-12,22H,8-9H2,1-3H3,(H,23,24). The number of aryl methyl sites for hydroxylation is 3. The minimum absolute atomic E-state index is 0.113. The molecule has 2 aromatic carbocycles. The van der Waals surface area contributed by atoms with Crippen LogP contribution in [0.2, 0.25) is 0 Å². The van der Waals surface area contributed by atoms with Crippen molar-refractivity contribution in [2.75, 3.05) is 5.32 Å². The van der Waals surface area contributed by atoms with E-state index in [2.05, 4.69) is 55.3 Å². The summed E-state index contributed by atoms with van der Waals surface area (Å²) in [7, 11) is 0. The number of para-hydroxylation sites is 1. The Balaban J connectivity index is 1.70. The zero-order valence-electron chi connectivity index (χ0n) is 14.4. The van der Waals surface area contributed by atoms with Gasteiger partial charge in [0.05, 0.1) is 5.41 Å². The molecule has 1 aliphatic carbocycles. The Labute approximate surface area is 142 Å². The number of fused-ring (bicyclic) bond motifs is 1. The number of hydrogen-bond donors (Lipinski definition) is 2. The highest BCUT2D eigenvalue weighted by Crippen LogP contribution is 2.51. The van der Waals surface area contributed by atoms with Gasteiger partial charge in [0.1, 0.15) is 0 Å². The first kappa shape index (κ1) is 15.0. The molecule has 0 atom stereocenters. The molecule has 24 heavy (non-hydrogen) atoms. The number of aromatic amines is 1. The maximum Gasteiger partial charge on any atom is 0.235 e. The van der Waals surface area contributed by atoms with E-state index in [9.17, 15) is 4.79 Å². The van der Waals surface area contributed by atoms with Gasteiger partial charge in [0.25, 0.3) is 0 Å². The summed E-state index contributed by atoms with van der Waals surface area (Å²) in [5.74, 6) is 0.113. The van der Waals surface area contributed by atoms with E-state index in [0.29, 0.717) is 0 Å². The number of carbonyl (C=O) groups is 1. The number of anilines is 1. The van der Waals surface area contributed by atoms with Crippen molar-refractivity contribution in [3.05, 3.63) is 64.8 Å². The predicted molar refractivity (Wildman–Crippen MR) is 98.5 cm³/mol. The van der Waals surface area contributed by atoms with Gasteiger partial charge in [0, 0.05) is 22.8 Å². The molecule has 1 fully saturated rings. The monoisotopic (exact) mass is 318 g/mol. The molecular weight excluding hydrogens is 296 g/mol. The van der Waals surface area contributed by atoms with Gasteiger partial charge in [-0.3, -0.25) is 4.79 Å². The third kappa shape index (κ3) is 2.23. The summed E-state index contributed by atoms with van der Waals surface area (Å²) in [5, 5.41) is 4.36. The van der Waals surface area contributed by atoms with Crippen LogP contribution in [0.25, 0.3) is 10.9 Å². The first-order valence-corrected chi connectivity index (χ1v) is 8.47. The first-order chi connectivity index (χ1) is 11.5. The molecule has 1 heterocycles. The Hall–Kier alpha value is -2.55. The minimum atomic E-state index is -0.386. The van der Waals surface area contributed by atoms with E-state index < -0.39 is 0 Å². The van der Waals surface area contributed by atoms with Crippen LogP contribution in [0.1, 0.15) is 35.1 Å². The molecule has 4 rings (SSSR count). The normalized spacial score (nSPS) is 15.5. The largest absolute Gasteiger partial charge is 0.361 e. The zero-order chi connectivity index (χ0) is 16.9. The molecule has 1 amide bonds. The number of hydrogen-bond acceptors (Lipinski definition) is 1. The summed E-state index contributed by atoms with van der Waals surface area (Å²) in [5.41, 5.74) is 6.25. The number of rotatable bonds is 3. The highest BCUT2D eigenvalue weighted by molar-refractivity contribution is 6.05. The number of amides is 1. The second kappa shape index (κ2) is 5.23. The van der Waals surface area contributed by atoms with Gasteiger partial charge >= 0.3 is 0 Å². The van der Waals surface area contributed by atoms with E-state index in [1.54, 1.807) is 0 Å². The second-order valence-electron chi connectivity index (χ2n) is 7.06. The molecule has 3 nitrogen and oxygen atoms in total. The molecular formula is C21H22N2O. The molecule has 0 aliphatic heterocycles. The lowest BCUT2D eigenvalue weighted by Crippen LogP contribution is -2.28. The van der Waals surface area contributed by atoms with E-state index in [-0.39, 0.29) is 11.3 Å². The molecule has 0 spiro atoms. The Morgan fingerprint density at radius 3 is 2.42 bits per heavy atom. The number of aromatic nitrogens is 1. The van der Waals surface area contributed by atoms with Crippen molar-refractivity contribution in [3.63, 3.8) is 0 Å². The summed E-state index contributed by atoms with van der Waals surface area (Å²) < 4.78 is 0. The second-order valence-corrected chi connectivity index (χ2v) is 7.06. The van der Waals surface area contributed by atoms with Crippen molar-refractivity contribution in [1.82, 2.24) is 4.98 Å². The van der Waals surface area contributed by atoms with E-state index in [4.69, 9.17) is 0 Å². The van der Waals surface area contributed by atoms with E-state index in [1.807, 2.05) is 18.3 Å². The Morgan fingerprint density at radius 1 is 1.08 bits per heavy atom. The van der Waals surface area contributed by atoms with Gasteiger partial charge in [-0.05, 0) is 56.4 Å². The zero-order valence-corrected chi connectivity index (χ0v) is 14.4. The Morgan fingerprint density at radius 2 is 1.75 bits per heavy atom. The lowest BCUT2D eigenvalue weighted by molar-refractivity contribution is -0.118. The fourth-order valence-corrected chi connectivity index (χ4v) is 3.82. The topological polar surface area (TPSA) is 44.9 Å². The summed E-state index contributed by atoms with van der Waals surface area (Å²) in [6, 6.07) is 12.4. The van der Waals surface area contributed by atoms with Crippen molar-refractivity contribution >= 4 is 22.5 Å². The number of benzene rings is 2. The lowest BCUT2D eigenvalue weighted by atomic mass is 9.94. The van der Waals surface area contributed by atoms with Crippen LogP contribution in [0.3, 0.4) is 0 Å². The lowest BCUT2D eigenvalue weighted by Gasteiger charge is -2.18. The number of carbonyl (C=O) groups excluding carboxylic acids is 1. The molecule has 0 bridgehead atoms. The van der Waals surface area contributed by atoms with Crippen molar-refractivity contribution in [2.45, 2.75) is 39.0 Å². The van der Waals surface area contributed by atoms with Gasteiger partial charge in [-0.15, -0.1) is 0 Å². The van der Waals surface area contributed by atoms with Crippen LogP contribution < -0.4 is 5.32 Å². The third-order valence-corrected chi connectivity index (χ3v) is 5.21. The highest BCUT2D eigenvalue weighted by Gasteiger charge is 2.52. The molecule has 2 N–H and O–H groups in total. The Kier molecular flexibility index (Phi) is 3.27. The van der Waals surface area contributed by atoms with Gasteiger partial charge in [0.2, 0.25) is 5.91 Å². The van der Waals surface area contributed by atoms with Crippen molar-refractivity contribution in [3.8, 4) is 0 Å². The molecule has 1 aromatic heterocycles. The van der Waals surface area contributed by atoms with Crippen LogP contribution in [0.4, 0.5) is 5.69 Å². The SMILES string of the molecule is Cc1cc(C)c(NC(=O)C2(c3c[nH]c4ccccc34)CC2)c(C)c1. The van der Waals surface area contributed by atoms with Crippen LogP contribution in [-0.4, -0.2) is 10.9 Å². The summed E-state index contributed by atoms with van der Waals surface area (Å²) in [4.78, 5) is 16.4. The van der Waals surface area contributed by atoms with Crippen molar-refractivity contribution in [2.24, 2.45) is 0 Å². The molecule has 0 saturated heterocycles. The number of H-pyrrole nitrogens is 1. The Bertz CT molecular complexity index is 924. The predicted octanol–water partition coefficient (Wildman–Crippen LogP) is 4.76. The molecule has 3 heteroatoms. The summed E-state index contributed by atoms with van der Waals surface area (Å²) in [6.07, 6.45) is 3.82. The van der Waals surface area contributed by atoms with Crippen LogP contribution in [0.5, 0.6) is 0 Å². The minimum Gasteiger partial charge on any atom is -0.361 e. The average molecular weight is 318 g/mol. The van der Waals surface area contributed by atoms with Gasteiger partial charge < -0.3 is 10.3 Å². The fraction of sp³-hybridized carbons (Fsp3) is 0.286. The van der Waals surface area contributed by atoms with Crippen LogP contribution >= 0.6 is 0 Å². The van der Waals surface area contributed by atoms with Crippen LogP contribution in [0, 0.1) is 20.8 Å². The van der Waals surface area contributed by atoms with E-state index in [1.165, 1.54) is 5.56 Å². The molecule has 3 aromatic rings. The maximum atomic E-state index is 13.1. The van der Waals surface area contributed by atoms with Gasteiger partial charge in [-0.1, -0.05) is 35.9 Å². The molecule has 0 unspecified atom stereocenters. The highest BCUT2D eigenvalue weighted by atomic mass is 16.2. The van der Waals surface area contributed by atoms with E-state index >= 15 is 0 Å². The van der Waals surface area contributed by atoms with Crippen molar-refractivity contribution < 1.29 is 4.79 Å². The van der Waals surface area contributed by atoms with Crippen LogP contribution in [-0.2, 0) is 10.2 Å². The third-order valence-electron chi connectivity index (χ3n) is 5.21. The smallest absolute Gasteiger partial charge is 0.235 e. The molecule has 122 valence electrons. The van der Waals surface area contributed by atoms with Gasteiger partial charge in [-0.2, -0.15) is 0 Å². The number of nitrogens with one attached hydrogen (secondary N) is 2. The quantitative estimate of drug-likeness (QED) is 0.718.